The Morgan fingerprint density at radius 2 is 2.28 bits per heavy atom. The Kier molecular flexibility index (Phi) is 4.93. The predicted molar refractivity (Wildman–Crippen MR) is 82.7 cm³/mol. The van der Waals surface area contributed by atoms with Crippen LogP contribution in [0.1, 0.15) is 26.7 Å². The van der Waals surface area contributed by atoms with Gasteiger partial charge in [-0.15, -0.1) is 0 Å². The lowest BCUT2D eigenvalue weighted by atomic mass is 9.97. The molecule has 2 rings (SSSR count). The zero-order valence-electron chi connectivity index (χ0n) is 10.9. The van der Waals surface area contributed by atoms with Crippen molar-refractivity contribution in [1.82, 2.24) is 5.32 Å². The van der Waals surface area contributed by atoms with Gasteiger partial charge in [0, 0.05) is 23.1 Å². The number of halogens is 2. The van der Waals surface area contributed by atoms with E-state index in [1.807, 2.05) is 6.07 Å². The van der Waals surface area contributed by atoms with E-state index in [1.165, 1.54) is 12.8 Å². The minimum absolute atomic E-state index is 0.529. The molecule has 1 aliphatic heterocycles. The zero-order chi connectivity index (χ0) is 13.1. The normalized spacial score (nSPS) is 24.3. The molecule has 0 aromatic heterocycles. The van der Waals surface area contributed by atoms with Gasteiger partial charge in [-0.3, -0.25) is 0 Å². The van der Waals surface area contributed by atoms with Gasteiger partial charge in [0.05, 0.1) is 10.7 Å². The van der Waals surface area contributed by atoms with Crippen LogP contribution in [0.25, 0.3) is 0 Å². The Bertz CT molecular complexity index is 411. The van der Waals surface area contributed by atoms with E-state index < -0.39 is 0 Å². The zero-order valence-corrected chi connectivity index (χ0v) is 13.3. The van der Waals surface area contributed by atoms with Crippen LogP contribution >= 0.6 is 27.5 Å². The lowest BCUT2D eigenvalue weighted by molar-refractivity contribution is 0.374. The number of hydrogen-bond acceptors (Lipinski definition) is 2. The van der Waals surface area contributed by atoms with Gasteiger partial charge in [0.2, 0.25) is 0 Å². The third kappa shape index (κ3) is 3.19. The fourth-order valence-electron chi connectivity index (χ4n) is 2.72. The van der Waals surface area contributed by atoms with Crippen molar-refractivity contribution < 1.29 is 0 Å². The van der Waals surface area contributed by atoms with E-state index in [9.17, 15) is 0 Å². The Labute approximate surface area is 123 Å². The molecule has 1 N–H and O–H groups in total. The third-order valence-electron chi connectivity index (χ3n) is 3.59. The molecule has 0 bridgehead atoms. The number of hydrogen-bond donors (Lipinski definition) is 1. The lowest BCUT2D eigenvalue weighted by Crippen LogP contribution is -2.47. The quantitative estimate of drug-likeness (QED) is 0.898. The van der Waals surface area contributed by atoms with Crippen LogP contribution in [-0.4, -0.2) is 25.2 Å². The maximum atomic E-state index is 6.34. The van der Waals surface area contributed by atoms with Gasteiger partial charge >= 0.3 is 0 Å². The molecule has 1 heterocycles. The highest BCUT2D eigenvalue weighted by Gasteiger charge is 2.26. The fourth-order valence-corrected chi connectivity index (χ4v) is 3.50. The molecule has 4 heteroatoms. The highest BCUT2D eigenvalue weighted by molar-refractivity contribution is 9.10. The summed E-state index contributed by atoms with van der Waals surface area (Å²) in [6.45, 7) is 6.57. The van der Waals surface area contributed by atoms with Crippen LogP contribution in [0.3, 0.4) is 0 Å². The van der Waals surface area contributed by atoms with Gasteiger partial charge in [-0.25, -0.2) is 0 Å². The lowest BCUT2D eigenvalue weighted by Gasteiger charge is -2.40. The summed E-state index contributed by atoms with van der Waals surface area (Å²) >= 11 is 9.79. The molecule has 0 aliphatic carbocycles. The van der Waals surface area contributed by atoms with Crippen molar-refractivity contribution in [3.05, 3.63) is 27.7 Å². The van der Waals surface area contributed by atoms with Crippen molar-refractivity contribution in [2.45, 2.75) is 38.8 Å². The second-order valence-corrected chi connectivity index (χ2v) is 6.24. The van der Waals surface area contributed by atoms with Crippen LogP contribution in [0.5, 0.6) is 0 Å². The molecule has 0 spiro atoms. The summed E-state index contributed by atoms with van der Waals surface area (Å²) in [6.07, 6.45) is 2.37. The summed E-state index contributed by atoms with van der Waals surface area (Å²) in [5.41, 5.74) is 1.15. The highest BCUT2D eigenvalue weighted by atomic mass is 79.9. The maximum absolute atomic E-state index is 6.34. The SMILES string of the molecule is CCNC1CCN(c2ccc(Br)cc2Cl)C(C)C1. The van der Waals surface area contributed by atoms with Crippen molar-refractivity contribution >= 4 is 33.2 Å². The van der Waals surface area contributed by atoms with Crippen LogP contribution in [0.4, 0.5) is 5.69 Å². The van der Waals surface area contributed by atoms with E-state index in [0.29, 0.717) is 12.1 Å². The second kappa shape index (κ2) is 6.27. The van der Waals surface area contributed by atoms with Gasteiger partial charge < -0.3 is 10.2 Å². The molecule has 2 unspecified atom stereocenters. The van der Waals surface area contributed by atoms with E-state index in [2.05, 4.69) is 52.1 Å². The first kappa shape index (κ1) is 14.2. The Morgan fingerprint density at radius 3 is 2.89 bits per heavy atom. The van der Waals surface area contributed by atoms with Crippen molar-refractivity contribution in [2.24, 2.45) is 0 Å². The average Bonchev–Trinajstić information content (AvgIpc) is 2.31. The molecule has 0 amide bonds. The Morgan fingerprint density at radius 1 is 1.50 bits per heavy atom. The summed E-state index contributed by atoms with van der Waals surface area (Å²) in [6, 6.07) is 7.32. The summed E-state index contributed by atoms with van der Waals surface area (Å²) in [5, 5.41) is 4.38. The maximum Gasteiger partial charge on any atom is 0.0650 e. The van der Waals surface area contributed by atoms with Gasteiger partial charge in [0.15, 0.2) is 0 Å². The summed E-state index contributed by atoms with van der Waals surface area (Å²) in [4.78, 5) is 2.42. The third-order valence-corrected chi connectivity index (χ3v) is 4.38. The molecular weight excluding hydrogens is 312 g/mol. The summed E-state index contributed by atoms with van der Waals surface area (Å²) in [7, 11) is 0. The minimum Gasteiger partial charge on any atom is -0.368 e. The van der Waals surface area contributed by atoms with Crippen molar-refractivity contribution in [3.8, 4) is 0 Å². The van der Waals surface area contributed by atoms with Crippen molar-refractivity contribution in [3.63, 3.8) is 0 Å². The van der Waals surface area contributed by atoms with E-state index >= 15 is 0 Å². The first-order valence-electron chi connectivity index (χ1n) is 6.57. The molecular formula is C14H20BrClN2. The number of piperidine rings is 1. The van der Waals surface area contributed by atoms with Crippen LogP contribution in [-0.2, 0) is 0 Å². The van der Waals surface area contributed by atoms with Gasteiger partial charge in [-0.05, 0) is 44.5 Å². The van der Waals surface area contributed by atoms with Crippen LogP contribution in [0, 0.1) is 0 Å². The molecule has 1 aromatic carbocycles. The second-order valence-electron chi connectivity index (χ2n) is 4.92. The van der Waals surface area contributed by atoms with Gasteiger partial charge in [0.1, 0.15) is 0 Å². The standard InChI is InChI=1S/C14H20BrClN2/c1-3-17-12-6-7-18(10(2)8-12)14-5-4-11(15)9-13(14)16/h4-5,9-10,12,17H,3,6-8H2,1-2H3. The molecule has 1 saturated heterocycles. The van der Waals surface area contributed by atoms with Crippen LogP contribution in [0.15, 0.2) is 22.7 Å². The molecule has 18 heavy (non-hydrogen) atoms. The Hall–Kier alpha value is -0.250. The van der Waals surface area contributed by atoms with E-state index in [0.717, 1.165) is 28.3 Å². The fraction of sp³-hybridized carbons (Fsp3) is 0.571. The number of nitrogens with one attached hydrogen (secondary N) is 1. The molecule has 1 aromatic rings. The smallest absolute Gasteiger partial charge is 0.0650 e. The van der Waals surface area contributed by atoms with Crippen LogP contribution in [0.2, 0.25) is 5.02 Å². The molecule has 1 aliphatic rings. The van der Waals surface area contributed by atoms with Gasteiger partial charge in [-0.1, -0.05) is 34.5 Å². The first-order valence-corrected chi connectivity index (χ1v) is 7.74. The van der Waals surface area contributed by atoms with E-state index in [1.54, 1.807) is 0 Å². The monoisotopic (exact) mass is 330 g/mol. The molecule has 0 radical (unpaired) electrons. The van der Waals surface area contributed by atoms with E-state index in [4.69, 9.17) is 11.6 Å². The first-order chi connectivity index (χ1) is 8.61. The Balaban J connectivity index is 2.10. The highest BCUT2D eigenvalue weighted by Crippen LogP contribution is 2.33. The van der Waals surface area contributed by atoms with Crippen molar-refractivity contribution in [1.29, 1.82) is 0 Å². The number of benzene rings is 1. The van der Waals surface area contributed by atoms with Gasteiger partial charge in [-0.2, -0.15) is 0 Å². The number of anilines is 1. The summed E-state index contributed by atoms with van der Waals surface area (Å²) in [5.74, 6) is 0. The summed E-state index contributed by atoms with van der Waals surface area (Å²) < 4.78 is 1.03. The number of nitrogens with zero attached hydrogens (tertiary/aromatic N) is 1. The largest absolute Gasteiger partial charge is 0.368 e. The molecule has 2 atom stereocenters. The molecule has 0 saturated carbocycles. The van der Waals surface area contributed by atoms with Crippen LogP contribution < -0.4 is 10.2 Å². The molecule has 1 fully saturated rings. The molecule has 2 nitrogen and oxygen atoms in total. The predicted octanol–water partition coefficient (Wildman–Crippen LogP) is 4.07. The average molecular weight is 332 g/mol. The number of rotatable bonds is 3. The van der Waals surface area contributed by atoms with Crippen molar-refractivity contribution in [2.75, 3.05) is 18.0 Å². The van der Waals surface area contributed by atoms with E-state index in [-0.39, 0.29) is 0 Å². The topological polar surface area (TPSA) is 15.3 Å². The minimum atomic E-state index is 0.529. The molecule has 100 valence electrons. The van der Waals surface area contributed by atoms with Gasteiger partial charge in [0.25, 0.3) is 0 Å².